The highest BCUT2D eigenvalue weighted by Gasteiger charge is 2.39. The molecule has 0 radical (unpaired) electrons. The summed E-state index contributed by atoms with van der Waals surface area (Å²) in [4.78, 5) is 0. The average Bonchev–Trinajstić information content (AvgIpc) is 2.49. The number of hydrogen-bond acceptors (Lipinski definition) is 2. The van der Waals surface area contributed by atoms with E-state index >= 15 is 0 Å². The Bertz CT molecular complexity index is 443. The molecule has 1 aromatic rings. The second-order valence-corrected chi connectivity index (χ2v) is 6.53. The Morgan fingerprint density at radius 3 is 2.52 bits per heavy atom. The molecule has 0 heterocycles. The van der Waals surface area contributed by atoms with E-state index in [-0.39, 0.29) is 5.60 Å². The zero-order chi connectivity index (χ0) is 15.3. The van der Waals surface area contributed by atoms with E-state index < -0.39 is 0 Å². The molecular weight excluding hydrogens is 258 g/mol. The maximum Gasteiger partial charge on any atom is 0.0837 e. The van der Waals surface area contributed by atoms with Gasteiger partial charge in [-0.25, -0.2) is 0 Å². The fourth-order valence-corrected chi connectivity index (χ4v) is 3.82. The molecule has 1 fully saturated rings. The summed E-state index contributed by atoms with van der Waals surface area (Å²) in [6, 6.07) is 7.18. The topological polar surface area (TPSA) is 21.3 Å². The molecule has 2 rings (SSSR count). The molecule has 0 aliphatic heterocycles. The van der Waals surface area contributed by atoms with Crippen LogP contribution in [0.15, 0.2) is 18.2 Å². The first kappa shape index (κ1) is 16.5. The average molecular weight is 289 g/mol. The summed E-state index contributed by atoms with van der Waals surface area (Å²) in [7, 11) is 2.09. The molecule has 0 bridgehead atoms. The molecule has 1 aromatic carbocycles. The Morgan fingerprint density at radius 2 is 1.90 bits per heavy atom. The molecule has 2 nitrogen and oxygen atoms in total. The summed E-state index contributed by atoms with van der Waals surface area (Å²) in [5.41, 5.74) is 4.22. The van der Waals surface area contributed by atoms with E-state index in [0.29, 0.717) is 6.04 Å². The van der Waals surface area contributed by atoms with Gasteiger partial charge in [0.05, 0.1) is 5.60 Å². The largest absolute Gasteiger partial charge is 0.374 e. The first-order chi connectivity index (χ1) is 10.1. The van der Waals surface area contributed by atoms with Crippen LogP contribution in [-0.2, 0) is 11.2 Å². The molecule has 2 heteroatoms. The fourth-order valence-electron chi connectivity index (χ4n) is 3.82. The van der Waals surface area contributed by atoms with Crippen molar-refractivity contribution in [3.8, 4) is 0 Å². The maximum absolute atomic E-state index is 6.30. The Morgan fingerprint density at radius 1 is 1.19 bits per heavy atom. The van der Waals surface area contributed by atoms with Gasteiger partial charge in [0.1, 0.15) is 0 Å². The minimum absolute atomic E-state index is 0.0257. The summed E-state index contributed by atoms with van der Waals surface area (Å²) >= 11 is 0. The minimum Gasteiger partial charge on any atom is -0.374 e. The van der Waals surface area contributed by atoms with Crippen LogP contribution in [0.2, 0.25) is 0 Å². The number of aryl methyl sites for hydroxylation is 2. The predicted molar refractivity (Wildman–Crippen MR) is 89.9 cm³/mol. The lowest BCUT2D eigenvalue weighted by Gasteiger charge is -2.43. The second kappa shape index (κ2) is 7.42. The van der Waals surface area contributed by atoms with Gasteiger partial charge in [0, 0.05) is 12.6 Å². The van der Waals surface area contributed by atoms with Gasteiger partial charge in [-0.2, -0.15) is 0 Å². The maximum atomic E-state index is 6.30. The molecule has 1 N–H and O–H groups in total. The first-order valence-corrected chi connectivity index (χ1v) is 8.48. The molecule has 1 saturated carbocycles. The van der Waals surface area contributed by atoms with Crippen molar-refractivity contribution in [3.63, 3.8) is 0 Å². The van der Waals surface area contributed by atoms with Gasteiger partial charge in [-0.3, -0.25) is 0 Å². The van der Waals surface area contributed by atoms with Crippen LogP contribution in [0.25, 0.3) is 0 Å². The van der Waals surface area contributed by atoms with Gasteiger partial charge < -0.3 is 10.1 Å². The Labute approximate surface area is 130 Å². The van der Waals surface area contributed by atoms with Gasteiger partial charge in [0.15, 0.2) is 0 Å². The van der Waals surface area contributed by atoms with Crippen molar-refractivity contribution in [1.29, 1.82) is 0 Å². The molecule has 118 valence electrons. The van der Waals surface area contributed by atoms with Crippen molar-refractivity contribution in [3.05, 3.63) is 34.9 Å². The standard InChI is InChI=1S/C19H31NO/c1-5-21-19(11-7-6-8-12-19)18(20-4)14-17-13-15(2)9-10-16(17)3/h9-10,13,18,20H,5-8,11-12,14H2,1-4H3. The summed E-state index contributed by atoms with van der Waals surface area (Å²) in [6.07, 6.45) is 7.39. The van der Waals surface area contributed by atoms with Crippen LogP contribution in [-0.4, -0.2) is 25.3 Å². The van der Waals surface area contributed by atoms with Gasteiger partial charge >= 0.3 is 0 Å². The van der Waals surface area contributed by atoms with Gasteiger partial charge in [0.2, 0.25) is 0 Å². The summed E-state index contributed by atoms with van der Waals surface area (Å²) in [6.45, 7) is 7.33. The molecule has 0 saturated heterocycles. The van der Waals surface area contributed by atoms with Gasteiger partial charge in [-0.1, -0.05) is 43.0 Å². The van der Waals surface area contributed by atoms with E-state index in [1.54, 1.807) is 0 Å². The molecule has 0 aromatic heterocycles. The van der Waals surface area contributed by atoms with Gasteiger partial charge in [-0.15, -0.1) is 0 Å². The molecule has 1 aliphatic carbocycles. The van der Waals surface area contributed by atoms with Crippen molar-refractivity contribution in [1.82, 2.24) is 5.32 Å². The van der Waals surface area contributed by atoms with Crippen LogP contribution in [0.1, 0.15) is 55.7 Å². The van der Waals surface area contributed by atoms with Crippen LogP contribution in [0.4, 0.5) is 0 Å². The molecule has 1 unspecified atom stereocenters. The molecule has 1 aliphatic rings. The second-order valence-electron chi connectivity index (χ2n) is 6.53. The number of ether oxygens (including phenoxy) is 1. The molecule has 21 heavy (non-hydrogen) atoms. The Kier molecular flexibility index (Phi) is 5.83. The minimum atomic E-state index is 0.0257. The number of likely N-dealkylation sites (N-methyl/N-ethyl adjacent to an activating group) is 1. The highest BCUT2D eigenvalue weighted by Crippen LogP contribution is 2.36. The van der Waals surface area contributed by atoms with E-state index in [2.05, 4.69) is 51.3 Å². The molecule has 1 atom stereocenters. The Hall–Kier alpha value is -0.860. The van der Waals surface area contributed by atoms with E-state index in [9.17, 15) is 0 Å². The van der Waals surface area contributed by atoms with Crippen LogP contribution in [0.5, 0.6) is 0 Å². The smallest absolute Gasteiger partial charge is 0.0837 e. The van der Waals surface area contributed by atoms with Crippen LogP contribution < -0.4 is 5.32 Å². The number of rotatable bonds is 6. The first-order valence-electron chi connectivity index (χ1n) is 8.48. The van der Waals surface area contributed by atoms with Crippen molar-refractivity contribution in [2.75, 3.05) is 13.7 Å². The third-order valence-electron chi connectivity index (χ3n) is 5.04. The quantitative estimate of drug-likeness (QED) is 0.848. The highest BCUT2D eigenvalue weighted by atomic mass is 16.5. The third-order valence-corrected chi connectivity index (χ3v) is 5.04. The van der Waals surface area contributed by atoms with Gasteiger partial charge in [0.25, 0.3) is 0 Å². The fraction of sp³-hybridized carbons (Fsp3) is 0.684. The van der Waals surface area contributed by atoms with Crippen molar-refractivity contribution < 1.29 is 4.74 Å². The summed E-state index contributed by atoms with van der Waals surface area (Å²) < 4.78 is 6.30. The lowest BCUT2D eigenvalue weighted by Crippen LogP contribution is -2.54. The normalized spacial score (nSPS) is 19.4. The Balaban J connectivity index is 2.22. The van der Waals surface area contributed by atoms with E-state index in [1.807, 2.05) is 0 Å². The summed E-state index contributed by atoms with van der Waals surface area (Å²) in [5, 5.41) is 3.57. The number of benzene rings is 1. The highest BCUT2D eigenvalue weighted by molar-refractivity contribution is 5.31. The monoisotopic (exact) mass is 289 g/mol. The SMILES string of the molecule is CCOC1(C(Cc2cc(C)ccc2C)NC)CCCCC1. The van der Waals surface area contributed by atoms with Crippen molar-refractivity contribution >= 4 is 0 Å². The zero-order valence-electron chi connectivity index (χ0n) is 14.2. The third kappa shape index (κ3) is 3.87. The lowest BCUT2D eigenvalue weighted by atomic mass is 9.76. The van der Waals surface area contributed by atoms with Gasteiger partial charge in [-0.05, 0) is 58.2 Å². The lowest BCUT2D eigenvalue weighted by molar-refractivity contribution is -0.0883. The summed E-state index contributed by atoms with van der Waals surface area (Å²) in [5.74, 6) is 0. The predicted octanol–water partition coefficient (Wildman–Crippen LogP) is 4.17. The zero-order valence-corrected chi connectivity index (χ0v) is 14.2. The van der Waals surface area contributed by atoms with Crippen LogP contribution in [0.3, 0.4) is 0 Å². The van der Waals surface area contributed by atoms with E-state index in [4.69, 9.17) is 4.74 Å². The van der Waals surface area contributed by atoms with Crippen LogP contribution >= 0.6 is 0 Å². The van der Waals surface area contributed by atoms with Crippen molar-refractivity contribution in [2.45, 2.75) is 70.9 Å². The van der Waals surface area contributed by atoms with Crippen LogP contribution in [0, 0.1) is 13.8 Å². The molecule has 0 amide bonds. The van der Waals surface area contributed by atoms with Crippen molar-refractivity contribution in [2.24, 2.45) is 0 Å². The van der Waals surface area contributed by atoms with E-state index in [0.717, 1.165) is 13.0 Å². The number of hydrogen-bond donors (Lipinski definition) is 1. The van der Waals surface area contributed by atoms with E-state index in [1.165, 1.54) is 48.8 Å². The molecule has 0 spiro atoms. The number of nitrogens with one attached hydrogen (secondary N) is 1. The molecular formula is C19H31NO.